The molecule has 0 bridgehead atoms. The SMILES string of the molecule is COC[C@@H](C)Nc1nc(-c2ccc(C#N)cc2)cs1. The van der Waals surface area contributed by atoms with E-state index in [1.54, 1.807) is 30.6 Å². The standard InChI is InChI=1S/C14H15N3OS/c1-10(8-18-2)16-14-17-13(9-19-14)12-5-3-11(7-15)4-6-12/h3-6,9-10H,8H2,1-2H3,(H,16,17)/t10-/m1/s1. The monoisotopic (exact) mass is 273 g/mol. The highest BCUT2D eigenvalue weighted by Crippen LogP contribution is 2.25. The fraction of sp³-hybridized carbons (Fsp3) is 0.286. The Bertz CT molecular complexity index is 571. The van der Waals surface area contributed by atoms with Crippen LogP contribution in [0, 0.1) is 11.3 Å². The van der Waals surface area contributed by atoms with Crippen molar-refractivity contribution in [3.63, 3.8) is 0 Å². The van der Waals surface area contributed by atoms with E-state index in [1.807, 2.05) is 24.4 Å². The predicted octanol–water partition coefficient (Wildman–Crippen LogP) is 3.13. The summed E-state index contributed by atoms with van der Waals surface area (Å²) in [5.74, 6) is 0. The lowest BCUT2D eigenvalue weighted by atomic mass is 10.1. The number of thiazole rings is 1. The normalized spacial score (nSPS) is 11.8. The van der Waals surface area contributed by atoms with Crippen LogP contribution in [0.25, 0.3) is 11.3 Å². The van der Waals surface area contributed by atoms with Gasteiger partial charge in [0.25, 0.3) is 0 Å². The summed E-state index contributed by atoms with van der Waals surface area (Å²) in [6.45, 7) is 2.69. The minimum atomic E-state index is 0.227. The summed E-state index contributed by atoms with van der Waals surface area (Å²) in [5, 5.41) is 14.9. The summed E-state index contributed by atoms with van der Waals surface area (Å²) in [4.78, 5) is 4.53. The molecule has 1 N–H and O–H groups in total. The summed E-state index contributed by atoms with van der Waals surface area (Å²) < 4.78 is 5.08. The second-order valence-corrected chi connectivity index (χ2v) is 5.09. The molecule has 1 aromatic carbocycles. The van der Waals surface area contributed by atoms with Gasteiger partial charge in [0.15, 0.2) is 5.13 Å². The van der Waals surface area contributed by atoms with E-state index in [0.29, 0.717) is 12.2 Å². The third-order valence-electron chi connectivity index (χ3n) is 2.60. The molecule has 0 spiro atoms. The van der Waals surface area contributed by atoms with Gasteiger partial charge in [0.05, 0.1) is 23.9 Å². The maximum atomic E-state index is 8.77. The van der Waals surface area contributed by atoms with Gasteiger partial charge in [0, 0.05) is 24.1 Å². The van der Waals surface area contributed by atoms with Crippen LogP contribution >= 0.6 is 11.3 Å². The topological polar surface area (TPSA) is 57.9 Å². The van der Waals surface area contributed by atoms with Gasteiger partial charge in [-0.2, -0.15) is 5.26 Å². The average Bonchev–Trinajstić information content (AvgIpc) is 2.87. The van der Waals surface area contributed by atoms with E-state index in [9.17, 15) is 0 Å². The predicted molar refractivity (Wildman–Crippen MR) is 77.2 cm³/mol. The highest BCUT2D eigenvalue weighted by molar-refractivity contribution is 7.14. The van der Waals surface area contributed by atoms with E-state index in [4.69, 9.17) is 10.00 Å². The van der Waals surface area contributed by atoms with Crippen LogP contribution in [0.3, 0.4) is 0 Å². The van der Waals surface area contributed by atoms with Crippen molar-refractivity contribution in [2.75, 3.05) is 19.0 Å². The molecule has 2 aromatic rings. The Hall–Kier alpha value is -1.90. The van der Waals surface area contributed by atoms with Gasteiger partial charge in [-0.25, -0.2) is 4.98 Å². The van der Waals surface area contributed by atoms with Crippen LogP contribution in [0.2, 0.25) is 0 Å². The highest BCUT2D eigenvalue weighted by atomic mass is 32.1. The lowest BCUT2D eigenvalue weighted by Gasteiger charge is -2.10. The van der Waals surface area contributed by atoms with E-state index in [-0.39, 0.29) is 6.04 Å². The molecule has 0 unspecified atom stereocenters. The number of benzene rings is 1. The van der Waals surface area contributed by atoms with Gasteiger partial charge < -0.3 is 10.1 Å². The van der Waals surface area contributed by atoms with Crippen LogP contribution in [0.4, 0.5) is 5.13 Å². The van der Waals surface area contributed by atoms with Crippen molar-refractivity contribution in [2.45, 2.75) is 13.0 Å². The maximum Gasteiger partial charge on any atom is 0.183 e. The molecule has 0 aliphatic carbocycles. The Labute approximate surface area is 116 Å². The summed E-state index contributed by atoms with van der Waals surface area (Å²) in [6.07, 6.45) is 0. The first kappa shape index (κ1) is 13.5. The molecule has 0 amide bonds. The van der Waals surface area contributed by atoms with Crippen molar-refractivity contribution in [1.82, 2.24) is 4.98 Å². The van der Waals surface area contributed by atoms with Crippen LogP contribution in [-0.2, 0) is 4.74 Å². The molecule has 98 valence electrons. The Morgan fingerprint density at radius 1 is 1.42 bits per heavy atom. The Morgan fingerprint density at radius 3 is 2.79 bits per heavy atom. The molecule has 4 nitrogen and oxygen atoms in total. The number of hydrogen-bond acceptors (Lipinski definition) is 5. The summed E-state index contributed by atoms with van der Waals surface area (Å²) >= 11 is 1.57. The van der Waals surface area contributed by atoms with E-state index in [0.717, 1.165) is 16.4 Å². The Balaban J connectivity index is 2.09. The van der Waals surface area contributed by atoms with Crippen molar-refractivity contribution in [3.8, 4) is 17.3 Å². The number of nitrogens with one attached hydrogen (secondary N) is 1. The zero-order chi connectivity index (χ0) is 13.7. The summed E-state index contributed by atoms with van der Waals surface area (Å²) in [7, 11) is 1.68. The molecule has 0 saturated heterocycles. The Kier molecular flexibility index (Phi) is 4.50. The highest BCUT2D eigenvalue weighted by Gasteiger charge is 2.07. The molecule has 5 heteroatoms. The molecule has 1 heterocycles. The number of nitrogens with zero attached hydrogens (tertiary/aromatic N) is 2. The van der Waals surface area contributed by atoms with Crippen LogP contribution in [0.5, 0.6) is 0 Å². The van der Waals surface area contributed by atoms with Gasteiger partial charge >= 0.3 is 0 Å². The second-order valence-electron chi connectivity index (χ2n) is 4.23. The molecule has 0 fully saturated rings. The third-order valence-corrected chi connectivity index (χ3v) is 3.37. The molecular weight excluding hydrogens is 258 g/mol. The van der Waals surface area contributed by atoms with Crippen LogP contribution < -0.4 is 5.32 Å². The lowest BCUT2D eigenvalue weighted by Crippen LogP contribution is -2.20. The molecule has 19 heavy (non-hydrogen) atoms. The third kappa shape index (κ3) is 3.53. The van der Waals surface area contributed by atoms with Gasteiger partial charge in [-0.05, 0) is 19.1 Å². The molecule has 1 aromatic heterocycles. The number of ether oxygens (including phenoxy) is 1. The molecular formula is C14H15N3OS. The fourth-order valence-corrected chi connectivity index (χ4v) is 2.52. The molecule has 0 radical (unpaired) electrons. The van der Waals surface area contributed by atoms with Gasteiger partial charge in [-0.15, -0.1) is 11.3 Å². The van der Waals surface area contributed by atoms with Crippen molar-refractivity contribution in [2.24, 2.45) is 0 Å². The molecule has 1 atom stereocenters. The van der Waals surface area contributed by atoms with E-state index in [2.05, 4.69) is 16.4 Å². The number of nitriles is 1. The zero-order valence-electron chi connectivity index (χ0n) is 10.9. The smallest absolute Gasteiger partial charge is 0.183 e. The first-order chi connectivity index (χ1) is 9.22. The molecule has 2 rings (SSSR count). The van der Waals surface area contributed by atoms with Crippen LogP contribution in [0.1, 0.15) is 12.5 Å². The lowest BCUT2D eigenvalue weighted by molar-refractivity contribution is 0.190. The zero-order valence-corrected chi connectivity index (χ0v) is 11.7. The number of aromatic nitrogens is 1. The van der Waals surface area contributed by atoms with E-state index >= 15 is 0 Å². The van der Waals surface area contributed by atoms with E-state index < -0.39 is 0 Å². The van der Waals surface area contributed by atoms with Gasteiger partial charge in [0.1, 0.15) is 0 Å². The largest absolute Gasteiger partial charge is 0.383 e. The van der Waals surface area contributed by atoms with Crippen LogP contribution in [-0.4, -0.2) is 24.7 Å². The van der Waals surface area contributed by atoms with Crippen molar-refractivity contribution in [3.05, 3.63) is 35.2 Å². The Morgan fingerprint density at radius 2 is 2.16 bits per heavy atom. The van der Waals surface area contributed by atoms with Crippen molar-refractivity contribution < 1.29 is 4.74 Å². The molecule has 0 saturated carbocycles. The summed E-state index contributed by atoms with van der Waals surface area (Å²) in [6, 6.07) is 9.76. The number of anilines is 1. The van der Waals surface area contributed by atoms with Crippen LogP contribution in [0.15, 0.2) is 29.6 Å². The summed E-state index contributed by atoms with van der Waals surface area (Å²) in [5.41, 5.74) is 2.59. The fourth-order valence-electron chi connectivity index (χ4n) is 1.69. The van der Waals surface area contributed by atoms with Crippen molar-refractivity contribution in [1.29, 1.82) is 5.26 Å². The first-order valence-electron chi connectivity index (χ1n) is 5.94. The molecule has 0 aliphatic rings. The quantitative estimate of drug-likeness (QED) is 0.909. The molecule has 0 aliphatic heterocycles. The number of rotatable bonds is 5. The first-order valence-corrected chi connectivity index (χ1v) is 6.82. The van der Waals surface area contributed by atoms with Crippen molar-refractivity contribution >= 4 is 16.5 Å². The average molecular weight is 273 g/mol. The maximum absolute atomic E-state index is 8.77. The number of hydrogen-bond donors (Lipinski definition) is 1. The minimum Gasteiger partial charge on any atom is -0.383 e. The second kappa shape index (κ2) is 6.32. The van der Waals surface area contributed by atoms with Gasteiger partial charge in [-0.3, -0.25) is 0 Å². The number of methoxy groups -OCH3 is 1. The van der Waals surface area contributed by atoms with Gasteiger partial charge in [0.2, 0.25) is 0 Å². The minimum absolute atomic E-state index is 0.227. The van der Waals surface area contributed by atoms with Gasteiger partial charge in [-0.1, -0.05) is 12.1 Å². The van der Waals surface area contributed by atoms with E-state index in [1.165, 1.54) is 0 Å².